The first-order chi connectivity index (χ1) is 10.4. The number of carbonyl (C=O) groups is 3. The second-order valence-corrected chi connectivity index (χ2v) is 4.77. The number of hydrogen-bond donors (Lipinski definition) is 2. The third-order valence-corrected chi connectivity index (χ3v) is 2.91. The van der Waals surface area contributed by atoms with Crippen molar-refractivity contribution in [1.82, 2.24) is 5.32 Å². The lowest BCUT2D eigenvalue weighted by molar-refractivity contribution is -0.131. The van der Waals surface area contributed by atoms with Crippen LogP contribution in [-0.2, 0) is 9.59 Å². The van der Waals surface area contributed by atoms with Gasteiger partial charge in [0.15, 0.2) is 0 Å². The van der Waals surface area contributed by atoms with Crippen LogP contribution in [0.5, 0.6) is 5.75 Å². The zero-order valence-electron chi connectivity index (χ0n) is 12.5. The molecule has 0 spiro atoms. The van der Waals surface area contributed by atoms with Crippen LogP contribution in [0.2, 0.25) is 0 Å². The number of ether oxygens (including phenoxy) is 1. The van der Waals surface area contributed by atoms with Crippen LogP contribution < -0.4 is 15.8 Å². The standard InChI is InChI=1S/C16H20N2O4/c1-3-4-5-9-14(15(17)20)18-16(21)12-7-6-8-13(10-12)22-11(2)19/h3,6-8,10,14H,1,4-5,9H2,2H3,(H2,17,20)(H,18,21)/t14-/m0/s1. The minimum absolute atomic E-state index is 0.266. The predicted octanol–water partition coefficient (Wildman–Crippen LogP) is 1.55. The Morgan fingerprint density at radius 3 is 2.73 bits per heavy atom. The summed E-state index contributed by atoms with van der Waals surface area (Å²) in [5.41, 5.74) is 5.58. The van der Waals surface area contributed by atoms with Crippen LogP contribution in [0.15, 0.2) is 36.9 Å². The fourth-order valence-electron chi connectivity index (χ4n) is 1.86. The van der Waals surface area contributed by atoms with Gasteiger partial charge < -0.3 is 15.8 Å². The summed E-state index contributed by atoms with van der Waals surface area (Å²) in [5, 5.41) is 2.58. The monoisotopic (exact) mass is 304 g/mol. The highest BCUT2D eigenvalue weighted by Crippen LogP contribution is 2.14. The molecule has 22 heavy (non-hydrogen) atoms. The van der Waals surface area contributed by atoms with Gasteiger partial charge in [-0.25, -0.2) is 0 Å². The van der Waals surface area contributed by atoms with Gasteiger partial charge in [0.05, 0.1) is 0 Å². The SMILES string of the molecule is C=CCCC[C@H](NC(=O)c1cccc(OC(C)=O)c1)C(N)=O. The number of nitrogens with two attached hydrogens (primary N) is 1. The first kappa shape index (κ1) is 17.4. The maximum absolute atomic E-state index is 12.2. The second kappa shape index (κ2) is 8.61. The van der Waals surface area contributed by atoms with Crippen molar-refractivity contribution in [2.24, 2.45) is 5.73 Å². The topological polar surface area (TPSA) is 98.5 Å². The van der Waals surface area contributed by atoms with Crippen molar-refractivity contribution in [2.45, 2.75) is 32.2 Å². The van der Waals surface area contributed by atoms with E-state index in [0.717, 1.165) is 6.42 Å². The molecule has 0 saturated carbocycles. The molecule has 0 unspecified atom stereocenters. The van der Waals surface area contributed by atoms with Crippen molar-refractivity contribution in [3.63, 3.8) is 0 Å². The summed E-state index contributed by atoms with van der Waals surface area (Å²) in [6, 6.07) is 5.39. The molecule has 1 aromatic rings. The minimum atomic E-state index is -0.746. The Bertz CT molecular complexity index is 569. The number of rotatable bonds is 8. The average Bonchev–Trinajstić information content (AvgIpc) is 2.45. The molecule has 1 aromatic carbocycles. The summed E-state index contributed by atoms with van der Waals surface area (Å²) in [5.74, 6) is -1.25. The third kappa shape index (κ3) is 5.78. The van der Waals surface area contributed by atoms with E-state index in [1.165, 1.54) is 13.0 Å². The molecular weight excluding hydrogens is 284 g/mol. The van der Waals surface area contributed by atoms with Gasteiger partial charge >= 0.3 is 5.97 Å². The fourth-order valence-corrected chi connectivity index (χ4v) is 1.86. The number of nitrogens with one attached hydrogen (secondary N) is 1. The number of unbranched alkanes of at least 4 members (excludes halogenated alkanes) is 1. The molecule has 0 saturated heterocycles. The molecule has 0 aliphatic carbocycles. The van der Waals surface area contributed by atoms with Crippen molar-refractivity contribution in [3.8, 4) is 5.75 Å². The first-order valence-corrected chi connectivity index (χ1v) is 6.93. The molecule has 3 N–H and O–H groups in total. The lowest BCUT2D eigenvalue weighted by Gasteiger charge is -2.15. The quantitative estimate of drug-likeness (QED) is 0.329. The van der Waals surface area contributed by atoms with Crippen LogP contribution in [-0.4, -0.2) is 23.8 Å². The zero-order chi connectivity index (χ0) is 16.5. The molecule has 6 nitrogen and oxygen atoms in total. The molecule has 2 amide bonds. The summed E-state index contributed by atoms with van der Waals surface area (Å²) in [6.45, 7) is 4.87. The van der Waals surface area contributed by atoms with Gasteiger partial charge in [-0.2, -0.15) is 0 Å². The van der Waals surface area contributed by atoms with E-state index >= 15 is 0 Å². The number of benzene rings is 1. The Hall–Kier alpha value is -2.63. The molecule has 0 fully saturated rings. The van der Waals surface area contributed by atoms with E-state index in [2.05, 4.69) is 11.9 Å². The number of allylic oxidation sites excluding steroid dienone is 1. The van der Waals surface area contributed by atoms with Crippen LogP contribution in [0.4, 0.5) is 0 Å². The molecule has 0 bridgehead atoms. The molecule has 0 aliphatic heterocycles. The van der Waals surface area contributed by atoms with Crippen molar-refractivity contribution in [2.75, 3.05) is 0 Å². The number of esters is 1. The Labute approximate surface area is 129 Å². The van der Waals surface area contributed by atoms with Crippen molar-refractivity contribution in [3.05, 3.63) is 42.5 Å². The van der Waals surface area contributed by atoms with E-state index in [-0.39, 0.29) is 11.3 Å². The molecule has 0 heterocycles. The Kier molecular flexibility index (Phi) is 6.82. The second-order valence-electron chi connectivity index (χ2n) is 4.77. The molecule has 118 valence electrons. The molecule has 0 radical (unpaired) electrons. The number of amides is 2. The van der Waals surface area contributed by atoms with Gasteiger partial charge in [-0.15, -0.1) is 6.58 Å². The predicted molar refractivity (Wildman–Crippen MR) is 82.2 cm³/mol. The highest BCUT2D eigenvalue weighted by molar-refractivity contribution is 5.97. The van der Waals surface area contributed by atoms with Crippen molar-refractivity contribution < 1.29 is 19.1 Å². The van der Waals surface area contributed by atoms with Gasteiger partial charge in [0.2, 0.25) is 5.91 Å². The Morgan fingerprint density at radius 1 is 1.41 bits per heavy atom. The summed E-state index contributed by atoms with van der Waals surface area (Å²) >= 11 is 0. The number of primary amides is 1. The van der Waals surface area contributed by atoms with Crippen molar-refractivity contribution in [1.29, 1.82) is 0 Å². The molecule has 1 atom stereocenters. The lowest BCUT2D eigenvalue weighted by atomic mass is 10.1. The molecule has 1 rings (SSSR count). The van der Waals surface area contributed by atoms with Crippen LogP contribution in [0.25, 0.3) is 0 Å². The van der Waals surface area contributed by atoms with E-state index in [0.29, 0.717) is 12.8 Å². The Balaban J connectivity index is 2.74. The molecule has 0 aliphatic rings. The highest BCUT2D eigenvalue weighted by Gasteiger charge is 2.18. The molecule has 6 heteroatoms. The minimum Gasteiger partial charge on any atom is -0.427 e. The van der Waals surface area contributed by atoms with Crippen LogP contribution in [0.3, 0.4) is 0 Å². The van der Waals surface area contributed by atoms with Crippen LogP contribution in [0.1, 0.15) is 36.5 Å². The van der Waals surface area contributed by atoms with Gasteiger partial charge in [0, 0.05) is 12.5 Å². The fraction of sp³-hybridized carbons (Fsp3) is 0.312. The summed E-state index contributed by atoms with van der Waals surface area (Å²) < 4.78 is 4.92. The van der Waals surface area contributed by atoms with Gasteiger partial charge in [-0.05, 0) is 37.5 Å². The summed E-state index contributed by atoms with van der Waals surface area (Å²) in [6.07, 6.45) is 3.62. The number of carbonyl (C=O) groups excluding carboxylic acids is 3. The maximum Gasteiger partial charge on any atom is 0.308 e. The van der Waals surface area contributed by atoms with Gasteiger partial charge in [-0.1, -0.05) is 12.1 Å². The van der Waals surface area contributed by atoms with Crippen LogP contribution >= 0.6 is 0 Å². The van der Waals surface area contributed by atoms with Gasteiger partial charge in [0.25, 0.3) is 5.91 Å². The molecule has 0 aromatic heterocycles. The van der Waals surface area contributed by atoms with Gasteiger partial charge in [0.1, 0.15) is 11.8 Å². The van der Waals surface area contributed by atoms with Crippen LogP contribution in [0, 0.1) is 0 Å². The van der Waals surface area contributed by atoms with E-state index in [1.54, 1.807) is 24.3 Å². The third-order valence-electron chi connectivity index (χ3n) is 2.91. The first-order valence-electron chi connectivity index (χ1n) is 6.93. The van der Waals surface area contributed by atoms with E-state index in [9.17, 15) is 14.4 Å². The summed E-state index contributed by atoms with van der Waals surface area (Å²) in [4.78, 5) is 34.5. The number of hydrogen-bond acceptors (Lipinski definition) is 4. The van der Waals surface area contributed by atoms with E-state index in [1.807, 2.05) is 0 Å². The average molecular weight is 304 g/mol. The summed E-state index contributed by atoms with van der Waals surface area (Å²) in [7, 11) is 0. The lowest BCUT2D eigenvalue weighted by Crippen LogP contribution is -2.44. The van der Waals surface area contributed by atoms with Crippen molar-refractivity contribution >= 4 is 17.8 Å². The Morgan fingerprint density at radius 2 is 2.14 bits per heavy atom. The van der Waals surface area contributed by atoms with E-state index in [4.69, 9.17) is 10.5 Å². The highest BCUT2D eigenvalue weighted by atomic mass is 16.5. The van der Waals surface area contributed by atoms with Gasteiger partial charge in [-0.3, -0.25) is 14.4 Å². The largest absolute Gasteiger partial charge is 0.427 e. The molecular formula is C16H20N2O4. The zero-order valence-corrected chi connectivity index (χ0v) is 12.5. The smallest absolute Gasteiger partial charge is 0.308 e. The maximum atomic E-state index is 12.2. The normalized spacial score (nSPS) is 11.3. The van der Waals surface area contributed by atoms with E-state index < -0.39 is 23.8 Å².